The smallest absolute Gasteiger partial charge is 0.328 e. The molecule has 2 N–H and O–H groups in total. The molecule has 3 aliphatic rings. The summed E-state index contributed by atoms with van der Waals surface area (Å²) < 4.78 is 0. The molecule has 224 valence electrons. The highest BCUT2D eigenvalue weighted by molar-refractivity contribution is 6.05. The van der Waals surface area contributed by atoms with Crippen LogP contribution in [-0.2, 0) is 17.8 Å². The number of piperazine rings is 1. The first-order valence-corrected chi connectivity index (χ1v) is 15.5. The number of anilines is 2. The molecule has 7 rings (SSSR count). The van der Waals surface area contributed by atoms with Gasteiger partial charge in [-0.1, -0.05) is 48.5 Å². The molecule has 3 aromatic carbocycles. The minimum Gasteiger partial charge on any atom is -0.508 e. The van der Waals surface area contributed by atoms with Crippen molar-refractivity contribution in [3.8, 4) is 5.75 Å². The third-order valence-electron chi connectivity index (χ3n) is 9.37. The van der Waals surface area contributed by atoms with E-state index in [1.807, 2.05) is 24.3 Å². The summed E-state index contributed by atoms with van der Waals surface area (Å²) in [5.41, 5.74) is 8.17. The molecule has 0 bridgehead atoms. The molecule has 2 saturated heterocycles. The number of nitrogens with one attached hydrogen (secondary N) is 1. The van der Waals surface area contributed by atoms with Gasteiger partial charge < -0.3 is 10.0 Å². The van der Waals surface area contributed by atoms with Crippen LogP contribution in [0.3, 0.4) is 0 Å². The van der Waals surface area contributed by atoms with Gasteiger partial charge >= 0.3 is 6.03 Å². The number of nitrogens with zero attached hydrogens (tertiary/aromatic N) is 4. The molecule has 0 unspecified atom stereocenters. The van der Waals surface area contributed by atoms with Gasteiger partial charge in [-0.2, -0.15) is 0 Å². The minimum absolute atomic E-state index is 0.237. The van der Waals surface area contributed by atoms with Gasteiger partial charge in [-0.05, 0) is 77.4 Å². The van der Waals surface area contributed by atoms with Crippen LogP contribution in [0.4, 0.5) is 16.2 Å². The zero-order valence-corrected chi connectivity index (χ0v) is 24.7. The van der Waals surface area contributed by atoms with Crippen LogP contribution in [0.2, 0.25) is 0 Å². The van der Waals surface area contributed by atoms with Crippen LogP contribution >= 0.6 is 0 Å². The van der Waals surface area contributed by atoms with Gasteiger partial charge in [0.15, 0.2) is 0 Å². The highest BCUT2D eigenvalue weighted by atomic mass is 16.3. The van der Waals surface area contributed by atoms with E-state index in [-0.39, 0.29) is 17.9 Å². The molecule has 4 aromatic rings. The highest BCUT2D eigenvalue weighted by Crippen LogP contribution is 2.47. The fraction of sp³-hybridized carbons (Fsp3) is 0.306. The number of imide groups is 1. The maximum atomic E-state index is 12.1. The molecule has 8 heteroatoms. The summed E-state index contributed by atoms with van der Waals surface area (Å²) >= 11 is 0. The summed E-state index contributed by atoms with van der Waals surface area (Å²) in [5, 5.41) is 12.5. The largest absolute Gasteiger partial charge is 0.508 e. The number of urea groups is 1. The number of phenols is 1. The number of pyridine rings is 1. The quantitative estimate of drug-likeness (QED) is 0.313. The van der Waals surface area contributed by atoms with Crippen molar-refractivity contribution in [2.45, 2.75) is 37.6 Å². The standard InChI is InChI=1S/C36H37N5O3/c42-31-13-15-33-27(22-31)8-14-32(25-4-2-1-3-5-25)35(33)26-6-10-29(11-7-26)40-20-18-39(19-21-40)24-28-9-12-30(23-37-28)41-17-16-34(43)38-36(41)44/h1-7,9-13,15,22-23,32,35,42H,8,14,16-21,24H2,(H,38,43,44)/t32-,35+/m1/s1. The second-order valence-corrected chi connectivity index (χ2v) is 12.0. The molecule has 8 nitrogen and oxygen atoms in total. The Balaban J connectivity index is 1.00. The van der Waals surface area contributed by atoms with Gasteiger partial charge in [0.25, 0.3) is 0 Å². The number of hydrogen-bond acceptors (Lipinski definition) is 6. The molecule has 3 amide bonds. The van der Waals surface area contributed by atoms with Crippen LogP contribution < -0.4 is 15.1 Å². The van der Waals surface area contributed by atoms with E-state index in [0.717, 1.165) is 51.3 Å². The molecule has 2 aliphatic heterocycles. The van der Waals surface area contributed by atoms with E-state index in [9.17, 15) is 14.7 Å². The lowest BCUT2D eigenvalue weighted by Crippen LogP contribution is -2.49. The molecule has 2 fully saturated rings. The number of aromatic nitrogens is 1. The summed E-state index contributed by atoms with van der Waals surface area (Å²) in [6.07, 6.45) is 4.05. The van der Waals surface area contributed by atoms with Crippen molar-refractivity contribution in [3.63, 3.8) is 0 Å². The van der Waals surface area contributed by atoms with E-state index < -0.39 is 0 Å². The topological polar surface area (TPSA) is 89.0 Å². The van der Waals surface area contributed by atoms with Crippen LogP contribution in [0.5, 0.6) is 5.75 Å². The SMILES string of the molecule is O=C1CCN(c2ccc(CN3CCN(c4ccc([C@@H]5c6ccc(O)cc6CC[C@@H]5c5ccccc5)cc4)CC3)nc2)C(=O)N1. The third-order valence-corrected chi connectivity index (χ3v) is 9.37. The van der Waals surface area contributed by atoms with E-state index in [0.29, 0.717) is 30.3 Å². The molecule has 3 heterocycles. The average molecular weight is 588 g/mol. The number of amides is 3. The summed E-state index contributed by atoms with van der Waals surface area (Å²) in [4.78, 5) is 34.6. The lowest BCUT2D eigenvalue weighted by molar-refractivity contribution is -0.120. The molecule has 1 aromatic heterocycles. The maximum Gasteiger partial charge on any atom is 0.328 e. The Morgan fingerprint density at radius 3 is 2.30 bits per heavy atom. The predicted octanol–water partition coefficient (Wildman–Crippen LogP) is 5.42. The van der Waals surface area contributed by atoms with Crippen LogP contribution in [-0.4, -0.2) is 59.7 Å². The summed E-state index contributed by atoms with van der Waals surface area (Å²) in [6, 6.07) is 29.4. The van der Waals surface area contributed by atoms with Gasteiger partial charge in [-0.25, -0.2) is 4.79 Å². The zero-order valence-electron chi connectivity index (χ0n) is 24.7. The fourth-order valence-electron chi connectivity index (χ4n) is 7.04. The van der Waals surface area contributed by atoms with E-state index in [1.165, 1.54) is 27.9 Å². The Kier molecular flexibility index (Phi) is 7.75. The third kappa shape index (κ3) is 5.77. The minimum atomic E-state index is -0.389. The normalized spacial score (nSPS) is 20.7. The lowest BCUT2D eigenvalue weighted by atomic mass is 9.69. The molecule has 1 aliphatic carbocycles. The van der Waals surface area contributed by atoms with E-state index >= 15 is 0 Å². The van der Waals surface area contributed by atoms with Gasteiger partial charge in [-0.15, -0.1) is 0 Å². The maximum absolute atomic E-state index is 12.1. The number of hydrogen-bond donors (Lipinski definition) is 2. The van der Waals surface area contributed by atoms with Gasteiger partial charge in [0, 0.05) is 57.3 Å². The molecular formula is C36H37N5O3. The number of benzene rings is 3. The zero-order chi connectivity index (χ0) is 30.0. The van der Waals surface area contributed by atoms with Gasteiger partial charge in [0.1, 0.15) is 5.75 Å². The summed E-state index contributed by atoms with van der Waals surface area (Å²) in [5.74, 6) is 0.748. The van der Waals surface area contributed by atoms with Crippen LogP contribution in [0.25, 0.3) is 0 Å². The Morgan fingerprint density at radius 2 is 1.57 bits per heavy atom. The van der Waals surface area contributed by atoms with Crippen molar-refractivity contribution in [3.05, 3.63) is 119 Å². The average Bonchev–Trinajstić information content (AvgIpc) is 3.05. The second-order valence-electron chi connectivity index (χ2n) is 12.0. The highest BCUT2D eigenvalue weighted by Gasteiger charge is 2.32. The van der Waals surface area contributed by atoms with E-state index in [1.54, 1.807) is 11.1 Å². The first-order valence-electron chi connectivity index (χ1n) is 15.5. The monoisotopic (exact) mass is 587 g/mol. The van der Waals surface area contributed by atoms with Crippen molar-refractivity contribution in [1.29, 1.82) is 0 Å². The van der Waals surface area contributed by atoms with Gasteiger partial charge in [0.05, 0.1) is 17.6 Å². The second kappa shape index (κ2) is 12.1. The molecular weight excluding hydrogens is 550 g/mol. The van der Waals surface area contributed by atoms with Crippen molar-refractivity contribution < 1.29 is 14.7 Å². The number of rotatable bonds is 6. The van der Waals surface area contributed by atoms with Crippen molar-refractivity contribution >= 4 is 23.3 Å². The number of fused-ring (bicyclic) bond motifs is 1. The molecule has 44 heavy (non-hydrogen) atoms. The van der Waals surface area contributed by atoms with Crippen LogP contribution in [0.1, 0.15) is 52.6 Å². The van der Waals surface area contributed by atoms with Gasteiger partial charge in [-0.3, -0.25) is 24.9 Å². The fourth-order valence-corrected chi connectivity index (χ4v) is 7.04. The first-order chi connectivity index (χ1) is 21.5. The predicted molar refractivity (Wildman–Crippen MR) is 171 cm³/mol. The van der Waals surface area contributed by atoms with Crippen LogP contribution in [0.15, 0.2) is 91.1 Å². The molecule has 2 atom stereocenters. The van der Waals surface area contributed by atoms with Crippen molar-refractivity contribution in [2.75, 3.05) is 42.5 Å². The van der Waals surface area contributed by atoms with Gasteiger partial charge in [0.2, 0.25) is 5.91 Å². The van der Waals surface area contributed by atoms with Crippen LogP contribution in [0, 0.1) is 0 Å². The Bertz CT molecular complexity index is 1630. The Morgan fingerprint density at radius 1 is 0.795 bits per heavy atom. The van der Waals surface area contributed by atoms with E-state index in [2.05, 4.69) is 80.8 Å². The number of aromatic hydroxyl groups is 1. The first kappa shape index (κ1) is 28.1. The Labute approximate surface area is 257 Å². The number of carbonyl (C=O) groups is 2. The van der Waals surface area contributed by atoms with Crippen molar-refractivity contribution in [2.24, 2.45) is 0 Å². The number of carbonyl (C=O) groups excluding carboxylic acids is 2. The Hall–Kier alpha value is -4.69. The summed E-state index contributed by atoms with van der Waals surface area (Å²) in [7, 11) is 0. The van der Waals surface area contributed by atoms with Crippen molar-refractivity contribution in [1.82, 2.24) is 15.2 Å². The number of aryl methyl sites for hydroxylation is 1. The lowest BCUT2D eigenvalue weighted by Gasteiger charge is -2.37. The summed E-state index contributed by atoms with van der Waals surface area (Å²) in [6.45, 7) is 4.90. The molecule has 0 radical (unpaired) electrons. The number of phenolic OH excluding ortho intramolecular Hbond substituents is 1. The molecule has 0 saturated carbocycles. The molecule has 0 spiro atoms. The van der Waals surface area contributed by atoms with E-state index in [4.69, 9.17) is 0 Å².